The number of rotatable bonds is 9. The number of amides is 2. The molecule has 10 heteroatoms. The molecule has 2 fully saturated rings. The van der Waals surface area contributed by atoms with Gasteiger partial charge in [-0.15, -0.1) is 0 Å². The minimum absolute atomic E-state index is 0.0351. The van der Waals surface area contributed by atoms with Crippen molar-refractivity contribution in [3.63, 3.8) is 0 Å². The van der Waals surface area contributed by atoms with Crippen LogP contribution in [0.4, 0.5) is 5.69 Å². The Kier molecular flexibility index (Phi) is 8.67. The van der Waals surface area contributed by atoms with E-state index in [0.717, 1.165) is 25.0 Å². The van der Waals surface area contributed by atoms with Crippen LogP contribution < -0.4 is 14.8 Å². The van der Waals surface area contributed by atoms with Gasteiger partial charge in [0.25, 0.3) is 11.8 Å². The molecule has 4 rings (SSSR count). The van der Waals surface area contributed by atoms with Crippen LogP contribution in [0, 0.1) is 0 Å². The molecule has 2 heterocycles. The Hall–Kier alpha value is -2.59. The van der Waals surface area contributed by atoms with E-state index in [4.69, 9.17) is 38.0 Å². The summed E-state index contributed by atoms with van der Waals surface area (Å²) in [6.07, 6.45) is 3.76. The number of hydrogen-bond donors (Lipinski definition) is 1. The molecule has 0 saturated carbocycles. The minimum Gasteiger partial charge on any atom is -0.490 e. The minimum atomic E-state index is -0.348. The lowest BCUT2D eigenvalue weighted by Crippen LogP contribution is -2.35. The van der Waals surface area contributed by atoms with Gasteiger partial charge in [0.05, 0.1) is 34.9 Å². The van der Waals surface area contributed by atoms with Crippen molar-refractivity contribution >= 4 is 63.5 Å². The number of anilines is 1. The van der Waals surface area contributed by atoms with E-state index in [2.05, 4.69) is 5.32 Å². The zero-order chi connectivity index (χ0) is 24.8. The van der Waals surface area contributed by atoms with Crippen LogP contribution in [0.3, 0.4) is 0 Å². The molecule has 35 heavy (non-hydrogen) atoms. The van der Waals surface area contributed by atoms with Crippen LogP contribution in [0.15, 0.2) is 47.4 Å². The van der Waals surface area contributed by atoms with Crippen molar-refractivity contribution in [3.05, 3.63) is 58.0 Å². The average Bonchev–Trinajstić information content (AvgIpc) is 3.44. The zero-order valence-corrected chi connectivity index (χ0v) is 21.5. The van der Waals surface area contributed by atoms with Crippen LogP contribution >= 0.6 is 35.6 Å². The fourth-order valence-corrected chi connectivity index (χ4v) is 5.15. The summed E-state index contributed by atoms with van der Waals surface area (Å²) in [6, 6.07) is 12.3. The van der Waals surface area contributed by atoms with E-state index < -0.39 is 0 Å². The van der Waals surface area contributed by atoms with Gasteiger partial charge < -0.3 is 19.5 Å². The molecule has 2 aromatic rings. The average molecular weight is 533 g/mol. The van der Waals surface area contributed by atoms with Gasteiger partial charge in [-0.3, -0.25) is 14.5 Å². The third-order valence-corrected chi connectivity index (χ3v) is 7.06. The Balaban J connectivity index is 1.42. The molecule has 2 amide bonds. The number of carbonyl (C=O) groups excluding carboxylic acids is 2. The van der Waals surface area contributed by atoms with Crippen molar-refractivity contribution in [2.24, 2.45) is 0 Å². The lowest BCUT2D eigenvalue weighted by molar-refractivity contribution is -0.123. The number of carbonyl (C=O) groups is 2. The number of benzene rings is 2. The van der Waals surface area contributed by atoms with Crippen molar-refractivity contribution < 1.29 is 23.8 Å². The highest BCUT2D eigenvalue weighted by Gasteiger charge is 2.34. The molecule has 2 aliphatic heterocycles. The van der Waals surface area contributed by atoms with Gasteiger partial charge in [-0.25, -0.2) is 0 Å². The lowest BCUT2D eigenvalue weighted by Gasteiger charge is -2.18. The second-order valence-electron chi connectivity index (χ2n) is 7.88. The molecule has 0 radical (unpaired) electrons. The fourth-order valence-electron chi connectivity index (χ4n) is 3.69. The Morgan fingerprint density at radius 3 is 2.86 bits per heavy atom. The predicted octanol–water partition coefficient (Wildman–Crippen LogP) is 5.14. The SMILES string of the molecule is CCOc1cc(/C=C2\SC(=S)N(C[C@@H]3CCCO3)C2=O)ccc1OCC(=O)Nc1ccccc1Cl. The maximum absolute atomic E-state index is 12.9. The number of thiocarbonyl (C=S) groups is 1. The zero-order valence-electron chi connectivity index (χ0n) is 19.1. The molecular weight excluding hydrogens is 508 g/mol. The van der Waals surface area contributed by atoms with Crippen molar-refractivity contribution in [3.8, 4) is 11.5 Å². The first-order valence-corrected chi connectivity index (χ1v) is 12.9. The Bertz CT molecular complexity index is 1150. The summed E-state index contributed by atoms with van der Waals surface area (Å²) in [5.74, 6) is 0.426. The van der Waals surface area contributed by atoms with Gasteiger partial charge >= 0.3 is 0 Å². The van der Waals surface area contributed by atoms with E-state index in [1.165, 1.54) is 11.8 Å². The first kappa shape index (κ1) is 25.5. The Morgan fingerprint density at radius 2 is 2.11 bits per heavy atom. The number of ether oxygens (including phenoxy) is 3. The highest BCUT2D eigenvalue weighted by Crippen LogP contribution is 2.35. The number of thioether (sulfide) groups is 1. The van der Waals surface area contributed by atoms with E-state index in [0.29, 0.717) is 44.6 Å². The molecule has 2 saturated heterocycles. The van der Waals surface area contributed by atoms with E-state index in [9.17, 15) is 9.59 Å². The molecule has 0 spiro atoms. The third kappa shape index (κ3) is 6.55. The third-order valence-electron chi connectivity index (χ3n) is 5.36. The summed E-state index contributed by atoms with van der Waals surface area (Å²) >= 11 is 12.8. The molecule has 1 N–H and O–H groups in total. The van der Waals surface area contributed by atoms with Crippen LogP contribution in [-0.2, 0) is 14.3 Å². The van der Waals surface area contributed by atoms with Gasteiger partial charge in [0.15, 0.2) is 18.1 Å². The first-order chi connectivity index (χ1) is 16.9. The summed E-state index contributed by atoms with van der Waals surface area (Å²) in [7, 11) is 0. The summed E-state index contributed by atoms with van der Waals surface area (Å²) in [6.45, 7) is 3.26. The molecule has 0 aromatic heterocycles. The second-order valence-corrected chi connectivity index (χ2v) is 9.97. The number of nitrogens with zero attached hydrogens (tertiary/aromatic N) is 1. The number of para-hydroxylation sites is 1. The smallest absolute Gasteiger partial charge is 0.266 e. The number of hydrogen-bond acceptors (Lipinski definition) is 7. The van der Waals surface area contributed by atoms with Gasteiger partial charge in [0.1, 0.15) is 4.32 Å². The molecule has 184 valence electrons. The summed E-state index contributed by atoms with van der Waals surface area (Å²) < 4.78 is 17.6. The molecule has 0 unspecified atom stereocenters. The van der Waals surface area contributed by atoms with Crippen LogP contribution in [0.2, 0.25) is 5.02 Å². The molecule has 7 nitrogen and oxygen atoms in total. The fraction of sp³-hybridized carbons (Fsp3) is 0.320. The topological polar surface area (TPSA) is 77.1 Å². The van der Waals surface area contributed by atoms with Crippen molar-refractivity contribution in [2.45, 2.75) is 25.9 Å². The quantitative estimate of drug-likeness (QED) is 0.354. The van der Waals surface area contributed by atoms with E-state index in [-0.39, 0.29) is 24.5 Å². The van der Waals surface area contributed by atoms with Crippen LogP contribution in [0.25, 0.3) is 6.08 Å². The molecule has 2 aromatic carbocycles. The van der Waals surface area contributed by atoms with Gasteiger partial charge in [-0.1, -0.05) is 53.8 Å². The van der Waals surface area contributed by atoms with E-state index >= 15 is 0 Å². The van der Waals surface area contributed by atoms with Gasteiger partial charge in [0.2, 0.25) is 0 Å². The maximum Gasteiger partial charge on any atom is 0.266 e. The van der Waals surface area contributed by atoms with Gasteiger partial charge in [0, 0.05) is 6.61 Å². The standard InChI is InChI=1S/C25H25ClN2O5S2/c1-2-31-21-12-16(13-22-24(30)28(25(34)35-22)14-17-6-5-11-32-17)9-10-20(21)33-15-23(29)27-19-8-4-3-7-18(19)26/h3-4,7-10,12-13,17H,2,5-6,11,14-15H2,1H3,(H,27,29)/b22-13-/t17-/m0/s1. The highest BCUT2D eigenvalue weighted by molar-refractivity contribution is 8.26. The van der Waals surface area contributed by atoms with E-state index in [1.54, 1.807) is 53.4 Å². The molecule has 1 atom stereocenters. The first-order valence-electron chi connectivity index (χ1n) is 11.3. The van der Waals surface area contributed by atoms with Crippen molar-refractivity contribution in [1.29, 1.82) is 0 Å². The van der Waals surface area contributed by atoms with Crippen molar-refractivity contribution in [1.82, 2.24) is 4.90 Å². The molecule has 0 aliphatic carbocycles. The maximum atomic E-state index is 12.9. The second kappa shape index (κ2) is 11.9. The van der Waals surface area contributed by atoms with Gasteiger partial charge in [-0.05, 0) is 55.7 Å². The Morgan fingerprint density at radius 1 is 1.29 bits per heavy atom. The normalized spacial score (nSPS) is 18.9. The van der Waals surface area contributed by atoms with Crippen LogP contribution in [0.1, 0.15) is 25.3 Å². The number of nitrogens with one attached hydrogen (secondary N) is 1. The predicted molar refractivity (Wildman–Crippen MR) is 142 cm³/mol. The highest BCUT2D eigenvalue weighted by atomic mass is 35.5. The molecule has 0 bridgehead atoms. The van der Waals surface area contributed by atoms with Gasteiger partial charge in [-0.2, -0.15) is 0 Å². The lowest BCUT2D eigenvalue weighted by atomic mass is 10.1. The van der Waals surface area contributed by atoms with E-state index in [1.807, 2.05) is 6.92 Å². The summed E-state index contributed by atoms with van der Waals surface area (Å²) in [5.41, 5.74) is 1.28. The summed E-state index contributed by atoms with van der Waals surface area (Å²) in [5, 5.41) is 3.16. The molecular formula is C25H25ClN2O5S2. The largest absolute Gasteiger partial charge is 0.490 e. The molecule has 2 aliphatic rings. The van der Waals surface area contributed by atoms with Crippen LogP contribution in [-0.4, -0.2) is 53.5 Å². The summed E-state index contributed by atoms with van der Waals surface area (Å²) in [4.78, 5) is 27.4. The Labute approximate surface area is 218 Å². The number of halogens is 1. The van der Waals surface area contributed by atoms with Crippen molar-refractivity contribution in [2.75, 3.05) is 31.7 Å². The van der Waals surface area contributed by atoms with Crippen LogP contribution in [0.5, 0.6) is 11.5 Å². The monoisotopic (exact) mass is 532 g/mol.